The second kappa shape index (κ2) is 7.31. The normalized spacial score (nSPS) is 12.1. The van der Waals surface area contributed by atoms with Crippen molar-refractivity contribution < 1.29 is 9.53 Å². The zero-order chi connectivity index (χ0) is 16.1. The highest BCUT2D eigenvalue weighted by atomic mass is 32.2. The number of hydrogen-bond donors (Lipinski definition) is 1. The molecule has 7 heteroatoms. The van der Waals surface area contributed by atoms with Crippen molar-refractivity contribution in [2.24, 2.45) is 5.73 Å². The molecule has 0 aliphatic rings. The summed E-state index contributed by atoms with van der Waals surface area (Å²) in [4.78, 5) is 10.9. The number of aryl methyl sites for hydroxylation is 1. The van der Waals surface area contributed by atoms with Gasteiger partial charge in [-0.1, -0.05) is 29.5 Å². The summed E-state index contributed by atoms with van der Waals surface area (Å²) >= 11 is 1.29. The highest BCUT2D eigenvalue weighted by Crippen LogP contribution is 2.24. The molecule has 1 atom stereocenters. The summed E-state index contributed by atoms with van der Waals surface area (Å²) in [7, 11) is 0. The Balaban J connectivity index is 2.13. The number of nitrogens with zero attached hydrogens (tertiary/aromatic N) is 3. The Bertz CT molecular complexity index is 639. The monoisotopic (exact) mass is 320 g/mol. The van der Waals surface area contributed by atoms with Crippen molar-refractivity contribution >= 4 is 17.7 Å². The maximum atomic E-state index is 10.9. The molecule has 0 bridgehead atoms. The van der Waals surface area contributed by atoms with E-state index in [-0.39, 0.29) is 17.8 Å². The summed E-state index contributed by atoms with van der Waals surface area (Å²) in [6, 6.07) is 7.87. The van der Waals surface area contributed by atoms with Crippen molar-refractivity contribution in [1.29, 1.82) is 0 Å². The Labute approximate surface area is 134 Å². The van der Waals surface area contributed by atoms with Gasteiger partial charge in [-0.3, -0.25) is 4.79 Å². The Hall–Kier alpha value is -2.02. The molecule has 1 aromatic heterocycles. The largest absolute Gasteiger partial charge is 0.483 e. The van der Waals surface area contributed by atoms with E-state index < -0.39 is 0 Å². The average molecular weight is 320 g/mol. The molecular weight excluding hydrogens is 300 g/mol. The first kappa shape index (κ1) is 16.4. The van der Waals surface area contributed by atoms with Crippen LogP contribution in [0.4, 0.5) is 0 Å². The topological polar surface area (TPSA) is 83.0 Å². The molecule has 118 valence electrons. The molecule has 0 saturated carbocycles. The van der Waals surface area contributed by atoms with Gasteiger partial charge in [-0.05, 0) is 32.9 Å². The molecule has 0 saturated heterocycles. The molecule has 0 spiro atoms. The Morgan fingerprint density at radius 2 is 2.05 bits per heavy atom. The van der Waals surface area contributed by atoms with Crippen molar-refractivity contribution in [3.05, 3.63) is 35.7 Å². The van der Waals surface area contributed by atoms with Crippen LogP contribution in [0, 0.1) is 6.92 Å². The third kappa shape index (κ3) is 4.00. The molecule has 0 fully saturated rings. The third-order valence-corrected chi connectivity index (χ3v) is 4.09. The lowest BCUT2D eigenvalue weighted by atomic mass is 10.2. The van der Waals surface area contributed by atoms with Gasteiger partial charge >= 0.3 is 0 Å². The summed E-state index contributed by atoms with van der Waals surface area (Å²) in [6.45, 7) is 6.66. The fourth-order valence-electron chi connectivity index (χ4n) is 2.01. The van der Waals surface area contributed by atoms with Crippen LogP contribution in [-0.4, -0.2) is 26.4 Å². The van der Waals surface area contributed by atoms with Crippen LogP contribution in [0.1, 0.15) is 31.3 Å². The number of hydrogen-bond acceptors (Lipinski definition) is 5. The summed E-state index contributed by atoms with van der Waals surface area (Å²) in [6.07, 6.45) is -0.238. The number of nitrogens with two attached hydrogens (primary N) is 1. The van der Waals surface area contributed by atoms with Crippen LogP contribution in [0.5, 0.6) is 5.75 Å². The first-order chi connectivity index (χ1) is 10.5. The Kier molecular flexibility index (Phi) is 5.43. The molecule has 22 heavy (non-hydrogen) atoms. The van der Waals surface area contributed by atoms with E-state index in [4.69, 9.17) is 10.5 Å². The van der Waals surface area contributed by atoms with Gasteiger partial charge in [-0.2, -0.15) is 0 Å². The van der Waals surface area contributed by atoms with Crippen LogP contribution in [0.25, 0.3) is 0 Å². The molecule has 2 aromatic rings. The standard InChI is InChI=1S/C15H20N4O2S/c1-4-19-14(17-18-15(19)22-9-13(16)20)11(3)21-12-7-5-10(2)6-8-12/h5-8,11H,4,9H2,1-3H3,(H2,16,20). The van der Waals surface area contributed by atoms with E-state index in [0.717, 1.165) is 11.6 Å². The number of carbonyl (C=O) groups is 1. The number of benzene rings is 1. The van der Waals surface area contributed by atoms with Gasteiger partial charge in [0.15, 0.2) is 17.1 Å². The summed E-state index contributed by atoms with van der Waals surface area (Å²) in [5.41, 5.74) is 6.35. The van der Waals surface area contributed by atoms with Crippen molar-refractivity contribution in [3.8, 4) is 5.75 Å². The minimum absolute atomic E-state index is 0.186. The van der Waals surface area contributed by atoms with Gasteiger partial charge < -0.3 is 15.0 Å². The quantitative estimate of drug-likeness (QED) is 0.792. The minimum atomic E-state index is -0.374. The first-order valence-electron chi connectivity index (χ1n) is 7.08. The average Bonchev–Trinajstić information content (AvgIpc) is 2.90. The maximum absolute atomic E-state index is 10.9. The van der Waals surface area contributed by atoms with Gasteiger partial charge in [0.1, 0.15) is 5.75 Å². The van der Waals surface area contributed by atoms with Gasteiger partial charge in [0.2, 0.25) is 5.91 Å². The highest BCUT2D eigenvalue weighted by Gasteiger charge is 2.19. The number of aromatic nitrogens is 3. The van der Waals surface area contributed by atoms with Crippen LogP contribution in [0.15, 0.2) is 29.4 Å². The van der Waals surface area contributed by atoms with Crippen molar-refractivity contribution in [1.82, 2.24) is 14.8 Å². The molecule has 0 aliphatic carbocycles. The first-order valence-corrected chi connectivity index (χ1v) is 8.07. The van der Waals surface area contributed by atoms with Crippen LogP contribution in [0.2, 0.25) is 0 Å². The fourth-order valence-corrected chi connectivity index (χ4v) is 2.76. The molecule has 6 nitrogen and oxygen atoms in total. The van der Waals surface area contributed by atoms with Gasteiger partial charge in [-0.25, -0.2) is 0 Å². The van der Waals surface area contributed by atoms with Crippen LogP contribution in [-0.2, 0) is 11.3 Å². The molecule has 0 radical (unpaired) electrons. The Morgan fingerprint density at radius 1 is 1.36 bits per heavy atom. The number of carbonyl (C=O) groups excluding carboxylic acids is 1. The lowest BCUT2D eigenvalue weighted by molar-refractivity contribution is -0.115. The number of rotatable bonds is 7. The second-order valence-corrected chi connectivity index (χ2v) is 5.86. The number of thioether (sulfide) groups is 1. The van der Waals surface area contributed by atoms with E-state index in [0.29, 0.717) is 11.7 Å². The summed E-state index contributed by atoms with van der Waals surface area (Å²) < 4.78 is 7.85. The molecule has 0 aliphatic heterocycles. The predicted octanol–water partition coefficient (Wildman–Crippen LogP) is 2.32. The van der Waals surface area contributed by atoms with Crippen molar-refractivity contribution in [2.45, 2.75) is 38.6 Å². The Morgan fingerprint density at radius 3 is 2.64 bits per heavy atom. The van der Waals surface area contributed by atoms with E-state index >= 15 is 0 Å². The summed E-state index contributed by atoms with van der Waals surface area (Å²) in [5.74, 6) is 1.33. The van der Waals surface area contributed by atoms with Crippen molar-refractivity contribution in [3.63, 3.8) is 0 Å². The molecule has 1 unspecified atom stereocenters. The molecule has 2 N–H and O–H groups in total. The maximum Gasteiger partial charge on any atom is 0.227 e. The van der Waals surface area contributed by atoms with Crippen LogP contribution in [0.3, 0.4) is 0 Å². The van der Waals surface area contributed by atoms with E-state index in [1.165, 1.54) is 17.3 Å². The van der Waals surface area contributed by atoms with E-state index in [2.05, 4.69) is 10.2 Å². The fraction of sp³-hybridized carbons (Fsp3) is 0.400. The van der Waals surface area contributed by atoms with E-state index in [1.807, 2.05) is 49.6 Å². The molecule has 1 heterocycles. The van der Waals surface area contributed by atoms with Gasteiger partial charge in [0.25, 0.3) is 0 Å². The molecular formula is C15H20N4O2S. The smallest absolute Gasteiger partial charge is 0.227 e. The summed E-state index contributed by atoms with van der Waals surface area (Å²) in [5, 5.41) is 8.99. The van der Waals surface area contributed by atoms with Gasteiger partial charge in [0.05, 0.1) is 5.75 Å². The molecule has 2 rings (SSSR count). The number of amides is 1. The third-order valence-electron chi connectivity index (χ3n) is 3.10. The highest BCUT2D eigenvalue weighted by molar-refractivity contribution is 7.99. The lowest BCUT2D eigenvalue weighted by Crippen LogP contribution is -2.15. The van der Waals surface area contributed by atoms with E-state index in [9.17, 15) is 4.79 Å². The van der Waals surface area contributed by atoms with Crippen LogP contribution >= 0.6 is 11.8 Å². The van der Waals surface area contributed by atoms with Gasteiger partial charge in [-0.15, -0.1) is 10.2 Å². The van der Waals surface area contributed by atoms with Crippen LogP contribution < -0.4 is 10.5 Å². The molecule has 1 aromatic carbocycles. The number of primary amides is 1. The molecule has 1 amide bonds. The van der Waals surface area contributed by atoms with E-state index in [1.54, 1.807) is 0 Å². The second-order valence-electron chi connectivity index (χ2n) is 4.91. The SMILES string of the molecule is CCn1c(SCC(N)=O)nnc1C(C)Oc1ccc(C)cc1. The van der Waals surface area contributed by atoms with Gasteiger partial charge in [0, 0.05) is 6.54 Å². The zero-order valence-electron chi connectivity index (χ0n) is 12.9. The minimum Gasteiger partial charge on any atom is -0.483 e. The lowest BCUT2D eigenvalue weighted by Gasteiger charge is -2.15. The number of ether oxygens (including phenoxy) is 1. The van der Waals surface area contributed by atoms with Crippen molar-refractivity contribution in [2.75, 3.05) is 5.75 Å². The zero-order valence-corrected chi connectivity index (χ0v) is 13.8. The predicted molar refractivity (Wildman–Crippen MR) is 85.8 cm³/mol.